The molecule has 0 aliphatic carbocycles. The zero-order chi connectivity index (χ0) is 12.5. The van der Waals surface area contributed by atoms with Crippen LogP contribution in [0.2, 0.25) is 5.02 Å². The van der Waals surface area contributed by atoms with Crippen LogP contribution in [-0.4, -0.2) is 14.4 Å². The predicted molar refractivity (Wildman–Crippen MR) is 75.4 cm³/mol. The maximum absolute atomic E-state index is 5.85. The van der Waals surface area contributed by atoms with Crippen molar-refractivity contribution in [3.8, 4) is 0 Å². The fraction of sp³-hybridized carbons (Fsp3) is 0. The molecule has 4 nitrogen and oxygen atoms in total. The lowest BCUT2D eigenvalue weighted by atomic mass is 10.3. The van der Waals surface area contributed by atoms with E-state index in [1.165, 1.54) is 0 Å². The van der Waals surface area contributed by atoms with Gasteiger partial charge in [0.05, 0.1) is 6.20 Å². The first-order valence-electron chi connectivity index (χ1n) is 5.24. The average Bonchev–Trinajstić information content (AvgIpc) is 2.86. The Morgan fingerprint density at radius 3 is 2.72 bits per heavy atom. The van der Waals surface area contributed by atoms with Crippen LogP contribution in [0.25, 0.3) is 5.65 Å². The third-order valence-electron chi connectivity index (χ3n) is 2.49. The van der Waals surface area contributed by atoms with Crippen LogP contribution >= 0.6 is 27.5 Å². The SMILES string of the molecule is Clc1ccc(Nc2ncc(Br)n3ccnc23)cc1. The van der Waals surface area contributed by atoms with E-state index in [-0.39, 0.29) is 0 Å². The fourth-order valence-electron chi connectivity index (χ4n) is 1.65. The molecule has 0 saturated carbocycles. The van der Waals surface area contributed by atoms with Gasteiger partial charge in [-0.25, -0.2) is 9.97 Å². The van der Waals surface area contributed by atoms with Gasteiger partial charge in [0, 0.05) is 23.1 Å². The Kier molecular flexibility index (Phi) is 2.93. The molecule has 0 spiro atoms. The summed E-state index contributed by atoms with van der Waals surface area (Å²) in [6.45, 7) is 0. The first-order valence-corrected chi connectivity index (χ1v) is 6.41. The van der Waals surface area contributed by atoms with E-state index in [9.17, 15) is 0 Å². The molecule has 3 aromatic rings. The first kappa shape index (κ1) is 11.5. The summed E-state index contributed by atoms with van der Waals surface area (Å²) in [7, 11) is 0. The van der Waals surface area contributed by atoms with Crippen molar-refractivity contribution in [2.75, 3.05) is 5.32 Å². The van der Waals surface area contributed by atoms with E-state index in [1.807, 2.05) is 34.9 Å². The molecule has 0 radical (unpaired) electrons. The Hall–Kier alpha value is -1.59. The van der Waals surface area contributed by atoms with Gasteiger partial charge >= 0.3 is 0 Å². The van der Waals surface area contributed by atoms with Gasteiger partial charge in [0.1, 0.15) is 4.60 Å². The molecule has 0 saturated heterocycles. The Morgan fingerprint density at radius 2 is 1.94 bits per heavy atom. The average molecular weight is 324 g/mol. The minimum absolute atomic E-state index is 0.700. The van der Waals surface area contributed by atoms with Crippen LogP contribution < -0.4 is 5.32 Å². The summed E-state index contributed by atoms with van der Waals surface area (Å²) in [6, 6.07) is 7.44. The summed E-state index contributed by atoms with van der Waals surface area (Å²) >= 11 is 9.27. The third-order valence-corrected chi connectivity index (χ3v) is 3.33. The molecule has 2 heterocycles. The van der Waals surface area contributed by atoms with Gasteiger partial charge in [0.25, 0.3) is 0 Å². The summed E-state index contributed by atoms with van der Waals surface area (Å²) in [4.78, 5) is 8.60. The van der Waals surface area contributed by atoms with Crippen LogP contribution in [0.4, 0.5) is 11.5 Å². The van der Waals surface area contributed by atoms with E-state index < -0.39 is 0 Å². The van der Waals surface area contributed by atoms with Crippen molar-refractivity contribution in [1.29, 1.82) is 0 Å². The standard InChI is InChI=1S/C12H8BrClN4/c13-10-7-16-11(12-15-5-6-18(10)12)17-9-3-1-8(14)2-4-9/h1-7H,(H,16,17). The predicted octanol–water partition coefficient (Wildman–Crippen LogP) is 3.89. The van der Waals surface area contributed by atoms with Crippen molar-refractivity contribution in [2.45, 2.75) is 0 Å². The van der Waals surface area contributed by atoms with Crippen LogP contribution in [0, 0.1) is 0 Å². The minimum Gasteiger partial charge on any atom is -0.337 e. The van der Waals surface area contributed by atoms with Crippen LogP contribution in [0.1, 0.15) is 0 Å². The van der Waals surface area contributed by atoms with E-state index in [2.05, 4.69) is 31.2 Å². The van der Waals surface area contributed by atoms with Crippen molar-refractivity contribution in [1.82, 2.24) is 14.4 Å². The largest absolute Gasteiger partial charge is 0.337 e. The fourth-order valence-corrected chi connectivity index (χ4v) is 2.16. The lowest BCUT2D eigenvalue weighted by Gasteiger charge is -2.07. The molecule has 0 aliphatic heterocycles. The summed E-state index contributed by atoms with van der Waals surface area (Å²) < 4.78 is 2.77. The maximum Gasteiger partial charge on any atom is 0.181 e. The van der Waals surface area contributed by atoms with Crippen molar-refractivity contribution in [3.63, 3.8) is 0 Å². The Bertz CT molecular complexity index is 693. The number of rotatable bonds is 2. The van der Waals surface area contributed by atoms with Crippen LogP contribution in [0.3, 0.4) is 0 Å². The Morgan fingerprint density at radius 1 is 1.17 bits per heavy atom. The molecule has 0 atom stereocenters. The normalized spacial score (nSPS) is 10.8. The lowest BCUT2D eigenvalue weighted by molar-refractivity contribution is 1.09. The highest BCUT2D eigenvalue weighted by Crippen LogP contribution is 2.22. The number of imidazole rings is 1. The Balaban J connectivity index is 2.02. The smallest absolute Gasteiger partial charge is 0.181 e. The van der Waals surface area contributed by atoms with Crippen molar-refractivity contribution >= 4 is 44.7 Å². The number of aromatic nitrogens is 3. The molecule has 1 aromatic carbocycles. The second-order valence-corrected chi connectivity index (χ2v) is 4.93. The first-order chi connectivity index (χ1) is 8.74. The van der Waals surface area contributed by atoms with Crippen molar-refractivity contribution < 1.29 is 0 Å². The molecule has 3 rings (SSSR count). The number of hydrogen-bond acceptors (Lipinski definition) is 3. The monoisotopic (exact) mass is 322 g/mol. The highest BCUT2D eigenvalue weighted by Gasteiger charge is 2.06. The van der Waals surface area contributed by atoms with E-state index in [4.69, 9.17) is 11.6 Å². The quantitative estimate of drug-likeness (QED) is 0.778. The summed E-state index contributed by atoms with van der Waals surface area (Å²) in [5, 5.41) is 3.92. The maximum atomic E-state index is 5.85. The number of halogens is 2. The zero-order valence-corrected chi connectivity index (χ0v) is 11.5. The molecule has 1 N–H and O–H groups in total. The van der Waals surface area contributed by atoms with E-state index in [1.54, 1.807) is 12.4 Å². The van der Waals surface area contributed by atoms with Gasteiger partial charge in [-0.05, 0) is 40.2 Å². The summed E-state index contributed by atoms with van der Waals surface area (Å²) in [5.41, 5.74) is 1.68. The number of anilines is 2. The highest BCUT2D eigenvalue weighted by molar-refractivity contribution is 9.10. The molecule has 0 amide bonds. The molecule has 0 fully saturated rings. The molecule has 0 unspecified atom stereocenters. The van der Waals surface area contributed by atoms with E-state index in [0.717, 1.165) is 15.9 Å². The van der Waals surface area contributed by atoms with Gasteiger partial charge in [0.2, 0.25) is 0 Å². The Labute approximate surface area is 117 Å². The molecule has 90 valence electrons. The second kappa shape index (κ2) is 4.59. The molecular formula is C12H8BrClN4. The number of fused-ring (bicyclic) bond motifs is 1. The zero-order valence-electron chi connectivity index (χ0n) is 9.14. The van der Waals surface area contributed by atoms with Gasteiger partial charge in [-0.2, -0.15) is 0 Å². The van der Waals surface area contributed by atoms with Gasteiger partial charge in [-0.15, -0.1) is 0 Å². The lowest BCUT2D eigenvalue weighted by Crippen LogP contribution is -1.98. The molecular weight excluding hydrogens is 316 g/mol. The minimum atomic E-state index is 0.700. The van der Waals surface area contributed by atoms with Gasteiger partial charge in [0.15, 0.2) is 11.5 Å². The number of nitrogens with zero attached hydrogens (tertiary/aromatic N) is 3. The molecule has 6 heteroatoms. The molecule has 2 aromatic heterocycles. The molecule has 18 heavy (non-hydrogen) atoms. The molecule has 0 bridgehead atoms. The number of hydrogen-bond donors (Lipinski definition) is 1. The van der Waals surface area contributed by atoms with Gasteiger partial charge in [-0.3, -0.25) is 4.40 Å². The number of benzene rings is 1. The second-order valence-electron chi connectivity index (χ2n) is 3.68. The van der Waals surface area contributed by atoms with Crippen LogP contribution in [0.5, 0.6) is 0 Å². The van der Waals surface area contributed by atoms with Gasteiger partial charge in [-0.1, -0.05) is 11.6 Å². The van der Waals surface area contributed by atoms with E-state index >= 15 is 0 Å². The van der Waals surface area contributed by atoms with Crippen molar-refractivity contribution in [2.24, 2.45) is 0 Å². The molecule has 0 aliphatic rings. The van der Waals surface area contributed by atoms with Gasteiger partial charge < -0.3 is 5.32 Å². The van der Waals surface area contributed by atoms with Crippen molar-refractivity contribution in [3.05, 3.63) is 52.5 Å². The summed E-state index contributed by atoms with van der Waals surface area (Å²) in [6.07, 6.45) is 5.33. The number of nitrogens with one attached hydrogen (secondary N) is 1. The van der Waals surface area contributed by atoms with Crippen LogP contribution in [-0.2, 0) is 0 Å². The highest BCUT2D eigenvalue weighted by atomic mass is 79.9. The topological polar surface area (TPSA) is 42.2 Å². The third kappa shape index (κ3) is 2.07. The van der Waals surface area contributed by atoms with Crippen LogP contribution in [0.15, 0.2) is 47.5 Å². The summed E-state index contributed by atoms with van der Waals surface area (Å²) in [5.74, 6) is 0.700. The van der Waals surface area contributed by atoms with E-state index in [0.29, 0.717) is 10.8 Å².